The van der Waals surface area contributed by atoms with Gasteiger partial charge in [-0.2, -0.15) is 0 Å². The molecule has 9 heteroatoms. The number of piperidine rings is 1. The van der Waals surface area contributed by atoms with Crippen LogP contribution in [0.2, 0.25) is 0 Å². The number of halogens is 2. The van der Waals surface area contributed by atoms with Gasteiger partial charge in [-0.05, 0) is 36.2 Å². The van der Waals surface area contributed by atoms with E-state index < -0.39 is 24.4 Å². The first-order valence-corrected chi connectivity index (χ1v) is 10.6. The number of alkyl halides is 2. The highest BCUT2D eigenvalue weighted by molar-refractivity contribution is 5.92. The van der Waals surface area contributed by atoms with E-state index >= 15 is 0 Å². The molecule has 1 aliphatic rings. The number of likely N-dealkylation sites (tertiary alicyclic amines) is 1. The monoisotopic (exact) mass is 446 g/mol. The molecule has 1 fully saturated rings. The molecule has 0 saturated carbocycles. The van der Waals surface area contributed by atoms with Crippen molar-refractivity contribution in [3.05, 3.63) is 65.0 Å². The van der Waals surface area contributed by atoms with Crippen molar-refractivity contribution < 1.29 is 23.5 Å². The Labute approximate surface area is 185 Å². The third kappa shape index (κ3) is 6.23. The molecule has 7 nitrogen and oxygen atoms in total. The predicted octanol–water partition coefficient (Wildman–Crippen LogP) is 3.15. The highest BCUT2D eigenvalue weighted by atomic mass is 19.3. The van der Waals surface area contributed by atoms with Crippen LogP contribution in [0.4, 0.5) is 13.6 Å². The largest absolute Gasteiger partial charge is 0.465 e. The molecule has 3 rings (SSSR count). The third-order valence-electron chi connectivity index (χ3n) is 5.65. The average Bonchev–Trinajstić information content (AvgIpc) is 2.77. The van der Waals surface area contributed by atoms with E-state index in [2.05, 4.69) is 15.6 Å². The normalized spacial score (nSPS) is 17.7. The van der Waals surface area contributed by atoms with Gasteiger partial charge in [0.1, 0.15) is 5.69 Å². The van der Waals surface area contributed by atoms with Gasteiger partial charge in [0.2, 0.25) is 0 Å². The summed E-state index contributed by atoms with van der Waals surface area (Å²) in [6, 6.07) is 13.3. The maximum atomic E-state index is 14.2. The van der Waals surface area contributed by atoms with Crippen molar-refractivity contribution in [2.75, 3.05) is 26.7 Å². The highest BCUT2D eigenvalue weighted by Crippen LogP contribution is 2.35. The van der Waals surface area contributed by atoms with Crippen LogP contribution in [0, 0.1) is 5.92 Å². The lowest BCUT2D eigenvalue weighted by molar-refractivity contribution is -0.102. The topological polar surface area (TPSA) is 94.6 Å². The van der Waals surface area contributed by atoms with Crippen LogP contribution >= 0.6 is 0 Å². The minimum Gasteiger partial charge on any atom is -0.465 e. The second-order valence-corrected chi connectivity index (χ2v) is 8.00. The van der Waals surface area contributed by atoms with Crippen LogP contribution in [-0.4, -0.2) is 59.6 Å². The first-order chi connectivity index (χ1) is 15.3. The van der Waals surface area contributed by atoms with Crippen LogP contribution in [-0.2, 0) is 13.0 Å². The van der Waals surface area contributed by atoms with Gasteiger partial charge in [0.05, 0.1) is 0 Å². The number of carbonyl (C=O) groups excluding carboxylic acids is 1. The second-order valence-electron chi connectivity index (χ2n) is 8.00. The van der Waals surface area contributed by atoms with Crippen molar-refractivity contribution >= 4 is 12.0 Å². The molecule has 2 aromatic rings. The van der Waals surface area contributed by atoms with E-state index in [4.69, 9.17) is 5.11 Å². The van der Waals surface area contributed by atoms with Crippen molar-refractivity contribution in [2.45, 2.75) is 31.7 Å². The summed E-state index contributed by atoms with van der Waals surface area (Å²) in [5.41, 5.74) is 2.93. The van der Waals surface area contributed by atoms with E-state index in [1.54, 1.807) is 6.07 Å². The zero-order valence-electron chi connectivity index (χ0n) is 18.0. The van der Waals surface area contributed by atoms with E-state index in [-0.39, 0.29) is 25.4 Å². The van der Waals surface area contributed by atoms with Crippen LogP contribution in [0.25, 0.3) is 0 Å². The number of nitrogens with one attached hydrogen (secondary N) is 2. The molecule has 1 aromatic heterocycles. The Bertz CT molecular complexity index is 940. The van der Waals surface area contributed by atoms with Crippen LogP contribution < -0.4 is 10.6 Å². The number of hydrogen-bond acceptors (Lipinski definition) is 4. The molecule has 0 aliphatic carbocycles. The standard InChI is InChI=1S/C23H28F2N4O3/c1-26-21(30)20-13-17(12-19(28-20)11-16-5-3-2-4-6-16)14-27-9-7-18-15-29(22(31)32)10-8-23(18,24)25/h2-6,12-13,18,27H,7-11,14-15H2,1H3,(H,26,30)(H,31,32). The molecule has 2 heterocycles. The number of benzene rings is 1. The fraction of sp³-hybridized carbons (Fsp3) is 0.435. The Morgan fingerprint density at radius 1 is 1.22 bits per heavy atom. The van der Waals surface area contributed by atoms with E-state index in [1.165, 1.54) is 7.05 Å². The Balaban J connectivity index is 1.62. The summed E-state index contributed by atoms with van der Waals surface area (Å²) in [6.07, 6.45) is -0.894. The molecular formula is C23H28F2N4O3. The molecular weight excluding hydrogens is 418 g/mol. The lowest BCUT2D eigenvalue weighted by atomic mass is 9.91. The van der Waals surface area contributed by atoms with Crippen molar-refractivity contribution in [2.24, 2.45) is 5.92 Å². The maximum Gasteiger partial charge on any atom is 0.407 e. The van der Waals surface area contributed by atoms with Gasteiger partial charge in [0, 0.05) is 51.1 Å². The molecule has 172 valence electrons. The van der Waals surface area contributed by atoms with Gasteiger partial charge in [-0.1, -0.05) is 30.3 Å². The summed E-state index contributed by atoms with van der Waals surface area (Å²) in [5.74, 6) is -4.19. The molecule has 1 atom stereocenters. The fourth-order valence-corrected chi connectivity index (χ4v) is 3.86. The Kier molecular flexibility index (Phi) is 7.74. The van der Waals surface area contributed by atoms with E-state index in [9.17, 15) is 18.4 Å². The minimum absolute atomic E-state index is 0.143. The number of nitrogens with zero attached hydrogens (tertiary/aromatic N) is 2. The minimum atomic E-state index is -2.88. The SMILES string of the molecule is CNC(=O)c1cc(CNCCC2CN(C(=O)O)CCC2(F)F)cc(Cc2ccccc2)n1. The number of hydrogen-bond donors (Lipinski definition) is 3. The number of carboxylic acid groups (broad SMARTS) is 1. The average molecular weight is 446 g/mol. The number of rotatable bonds is 8. The molecule has 0 bridgehead atoms. The Morgan fingerprint density at radius 2 is 1.97 bits per heavy atom. The van der Waals surface area contributed by atoms with Crippen molar-refractivity contribution in [1.82, 2.24) is 20.5 Å². The number of pyridine rings is 1. The highest BCUT2D eigenvalue weighted by Gasteiger charge is 2.44. The molecule has 1 aliphatic heterocycles. The number of amides is 2. The number of aromatic nitrogens is 1. The number of carbonyl (C=O) groups is 2. The van der Waals surface area contributed by atoms with Gasteiger partial charge in [0.15, 0.2) is 0 Å². The zero-order chi connectivity index (χ0) is 23.1. The first-order valence-electron chi connectivity index (χ1n) is 10.6. The summed E-state index contributed by atoms with van der Waals surface area (Å²) in [7, 11) is 1.54. The van der Waals surface area contributed by atoms with Crippen molar-refractivity contribution in [3.63, 3.8) is 0 Å². The third-order valence-corrected chi connectivity index (χ3v) is 5.65. The van der Waals surface area contributed by atoms with Gasteiger partial charge in [-0.3, -0.25) is 4.79 Å². The molecule has 0 spiro atoms. The van der Waals surface area contributed by atoms with Gasteiger partial charge >= 0.3 is 6.09 Å². The second kappa shape index (κ2) is 10.5. The van der Waals surface area contributed by atoms with E-state index in [0.29, 0.717) is 25.2 Å². The molecule has 0 radical (unpaired) electrons. The van der Waals surface area contributed by atoms with Crippen LogP contribution in [0.1, 0.15) is 40.2 Å². The van der Waals surface area contributed by atoms with Gasteiger partial charge < -0.3 is 20.6 Å². The molecule has 2 amide bonds. The van der Waals surface area contributed by atoms with Gasteiger partial charge in [0.25, 0.3) is 11.8 Å². The molecule has 1 aromatic carbocycles. The quantitative estimate of drug-likeness (QED) is 0.542. The van der Waals surface area contributed by atoms with Gasteiger partial charge in [-0.15, -0.1) is 0 Å². The summed E-state index contributed by atoms with van der Waals surface area (Å²) < 4.78 is 28.4. The summed E-state index contributed by atoms with van der Waals surface area (Å²) in [4.78, 5) is 28.8. The summed E-state index contributed by atoms with van der Waals surface area (Å²) >= 11 is 0. The Hall–Kier alpha value is -3.07. The molecule has 3 N–H and O–H groups in total. The van der Waals surface area contributed by atoms with E-state index in [1.807, 2.05) is 36.4 Å². The predicted molar refractivity (Wildman–Crippen MR) is 116 cm³/mol. The van der Waals surface area contributed by atoms with E-state index in [0.717, 1.165) is 21.7 Å². The molecule has 1 saturated heterocycles. The van der Waals surface area contributed by atoms with Crippen molar-refractivity contribution in [1.29, 1.82) is 0 Å². The molecule has 1 unspecified atom stereocenters. The zero-order valence-corrected chi connectivity index (χ0v) is 18.0. The first kappa shape index (κ1) is 23.6. The summed E-state index contributed by atoms with van der Waals surface area (Å²) in [6.45, 7) is 0.381. The smallest absolute Gasteiger partial charge is 0.407 e. The lowest BCUT2D eigenvalue weighted by Crippen LogP contribution is -2.49. The molecule has 32 heavy (non-hydrogen) atoms. The summed E-state index contributed by atoms with van der Waals surface area (Å²) in [5, 5.41) is 14.8. The maximum absolute atomic E-state index is 14.2. The fourth-order valence-electron chi connectivity index (χ4n) is 3.86. The Morgan fingerprint density at radius 3 is 2.66 bits per heavy atom. The van der Waals surface area contributed by atoms with Crippen molar-refractivity contribution in [3.8, 4) is 0 Å². The lowest BCUT2D eigenvalue weighted by Gasteiger charge is -2.37. The van der Waals surface area contributed by atoms with Crippen LogP contribution in [0.3, 0.4) is 0 Å². The van der Waals surface area contributed by atoms with Crippen LogP contribution in [0.5, 0.6) is 0 Å². The van der Waals surface area contributed by atoms with Gasteiger partial charge in [-0.25, -0.2) is 18.6 Å². The van der Waals surface area contributed by atoms with Crippen LogP contribution in [0.15, 0.2) is 42.5 Å².